The van der Waals surface area contributed by atoms with Crippen LogP contribution < -0.4 is 10.4 Å². The van der Waals surface area contributed by atoms with Crippen LogP contribution >= 0.6 is 0 Å². The summed E-state index contributed by atoms with van der Waals surface area (Å²) in [5, 5.41) is 0.765. The summed E-state index contributed by atoms with van der Waals surface area (Å²) in [7, 11) is -3.04. The van der Waals surface area contributed by atoms with Gasteiger partial charge in [-0.3, -0.25) is 4.79 Å². The number of sulfone groups is 1. The van der Waals surface area contributed by atoms with E-state index in [1.54, 1.807) is 29.2 Å². The Hall–Kier alpha value is -2.35. The van der Waals surface area contributed by atoms with E-state index in [1.807, 2.05) is 0 Å². The van der Waals surface area contributed by atoms with E-state index in [-0.39, 0.29) is 24.2 Å². The number of fused-ring (bicyclic) bond motifs is 1. The van der Waals surface area contributed by atoms with Gasteiger partial charge in [0.1, 0.15) is 21.2 Å². The molecule has 1 aromatic heterocycles. The molecule has 0 aliphatic carbocycles. The summed E-state index contributed by atoms with van der Waals surface area (Å²) in [5.41, 5.74) is -0.0541. The molecular weight excluding hydrogens is 346 g/mol. The summed E-state index contributed by atoms with van der Waals surface area (Å²) in [6.07, 6.45) is 1.89. The summed E-state index contributed by atoms with van der Waals surface area (Å²) in [4.78, 5) is 25.1. The van der Waals surface area contributed by atoms with Crippen LogP contribution in [0.3, 0.4) is 0 Å². The van der Waals surface area contributed by atoms with Crippen LogP contribution in [0.4, 0.5) is 0 Å². The lowest BCUT2D eigenvalue weighted by molar-refractivity contribution is -0.132. The molecule has 3 rings (SSSR count). The van der Waals surface area contributed by atoms with Crippen molar-refractivity contribution < 1.29 is 22.4 Å². The minimum Gasteiger partial charge on any atom is -0.484 e. The maximum Gasteiger partial charge on any atom is 0.336 e. The Morgan fingerprint density at radius 2 is 2.08 bits per heavy atom. The van der Waals surface area contributed by atoms with Gasteiger partial charge >= 0.3 is 5.63 Å². The van der Waals surface area contributed by atoms with Crippen molar-refractivity contribution in [2.24, 2.45) is 5.92 Å². The molecule has 2 heterocycles. The molecule has 1 aliphatic heterocycles. The summed E-state index contributed by atoms with van der Waals surface area (Å²) in [6, 6.07) is 8.01. The van der Waals surface area contributed by atoms with E-state index >= 15 is 0 Å². The first-order valence-electron chi connectivity index (χ1n) is 7.92. The second kappa shape index (κ2) is 6.87. The lowest BCUT2D eigenvalue weighted by Gasteiger charge is -2.16. The third-order valence-electron chi connectivity index (χ3n) is 4.13. The van der Waals surface area contributed by atoms with Crippen molar-refractivity contribution in [3.8, 4) is 5.75 Å². The minimum atomic E-state index is -3.04. The van der Waals surface area contributed by atoms with Crippen LogP contribution in [0.15, 0.2) is 39.5 Å². The van der Waals surface area contributed by atoms with E-state index in [0.717, 1.165) is 5.39 Å². The van der Waals surface area contributed by atoms with Gasteiger partial charge in [-0.1, -0.05) is 0 Å². The van der Waals surface area contributed by atoms with Crippen LogP contribution in [0.25, 0.3) is 11.0 Å². The van der Waals surface area contributed by atoms with Gasteiger partial charge in [-0.25, -0.2) is 13.2 Å². The fraction of sp³-hybridized carbons (Fsp3) is 0.412. The number of rotatable bonds is 5. The van der Waals surface area contributed by atoms with Crippen molar-refractivity contribution in [3.05, 3.63) is 40.8 Å². The Bertz CT molecular complexity index is 949. The number of nitrogens with zero attached hydrogens (tertiary/aromatic N) is 1. The quantitative estimate of drug-likeness (QED) is 0.736. The number of hydrogen-bond donors (Lipinski definition) is 0. The predicted octanol–water partition coefficient (Wildman–Crippen LogP) is 1.06. The van der Waals surface area contributed by atoms with Crippen LogP contribution in [0.2, 0.25) is 0 Å². The lowest BCUT2D eigenvalue weighted by atomic mass is 10.2. The number of ether oxygens (including phenoxy) is 1. The van der Waals surface area contributed by atoms with Gasteiger partial charge in [-0.15, -0.1) is 0 Å². The van der Waals surface area contributed by atoms with E-state index in [0.29, 0.717) is 30.8 Å². The molecule has 0 N–H and O–H groups in total. The zero-order chi connectivity index (χ0) is 18.0. The summed E-state index contributed by atoms with van der Waals surface area (Å²) in [6.45, 7) is 0.824. The first-order valence-corrected chi connectivity index (χ1v) is 9.98. The predicted molar refractivity (Wildman–Crippen MR) is 92.4 cm³/mol. The third-order valence-corrected chi connectivity index (χ3v) is 5.21. The van der Waals surface area contributed by atoms with Crippen molar-refractivity contribution in [3.63, 3.8) is 0 Å². The highest BCUT2D eigenvalue weighted by Gasteiger charge is 2.28. The Balaban J connectivity index is 1.58. The molecule has 1 aromatic carbocycles. The molecule has 1 aliphatic rings. The van der Waals surface area contributed by atoms with Gasteiger partial charge in [0.05, 0.1) is 5.75 Å². The highest BCUT2D eigenvalue weighted by atomic mass is 32.2. The summed E-state index contributed by atoms with van der Waals surface area (Å²) >= 11 is 0. The van der Waals surface area contributed by atoms with Gasteiger partial charge in [-0.2, -0.15) is 0 Å². The van der Waals surface area contributed by atoms with Gasteiger partial charge in [0.2, 0.25) is 0 Å². The highest BCUT2D eigenvalue weighted by Crippen LogP contribution is 2.21. The summed E-state index contributed by atoms with van der Waals surface area (Å²) in [5.74, 6) is 0.322. The standard InChI is InChI=1S/C17H19NO6S/c1-25(21,22)11-12-6-7-18(9-12)16(19)10-23-14-4-2-13-3-5-17(20)24-15(13)8-14/h2-5,8,12H,6-7,9-11H2,1H3. The van der Waals surface area contributed by atoms with Crippen molar-refractivity contribution in [2.75, 3.05) is 31.7 Å². The van der Waals surface area contributed by atoms with Crippen LogP contribution in [0.5, 0.6) is 5.75 Å². The number of benzene rings is 1. The normalized spacial score (nSPS) is 17.8. The van der Waals surface area contributed by atoms with Crippen molar-refractivity contribution in [2.45, 2.75) is 6.42 Å². The third kappa shape index (κ3) is 4.60. The number of hydrogen-bond acceptors (Lipinski definition) is 6. The maximum absolute atomic E-state index is 12.2. The van der Waals surface area contributed by atoms with Crippen molar-refractivity contribution in [1.29, 1.82) is 0 Å². The minimum absolute atomic E-state index is 0.0195. The molecule has 134 valence electrons. The van der Waals surface area contributed by atoms with Gasteiger partial charge in [0.15, 0.2) is 6.61 Å². The highest BCUT2D eigenvalue weighted by molar-refractivity contribution is 7.90. The van der Waals surface area contributed by atoms with Gasteiger partial charge < -0.3 is 14.1 Å². The Morgan fingerprint density at radius 3 is 2.84 bits per heavy atom. The van der Waals surface area contributed by atoms with Gasteiger partial charge in [0.25, 0.3) is 5.91 Å². The fourth-order valence-corrected chi connectivity index (χ4v) is 4.12. The van der Waals surface area contributed by atoms with E-state index in [1.165, 1.54) is 12.3 Å². The molecule has 0 spiro atoms. The second-order valence-electron chi connectivity index (χ2n) is 6.33. The van der Waals surface area contributed by atoms with Crippen molar-refractivity contribution in [1.82, 2.24) is 4.90 Å². The monoisotopic (exact) mass is 365 g/mol. The fourth-order valence-electron chi connectivity index (χ4n) is 2.99. The molecular formula is C17H19NO6S. The average Bonchev–Trinajstić information content (AvgIpc) is 2.98. The average molecular weight is 365 g/mol. The first-order chi connectivity index (χ1) is 11.8. The molecule has 0 saturated carbocycles. The molecule has 2 aromatic rings. The number of carbonyl (C=O) groups excluding carboxylic acids is 1. The molecule has 1 fully saturated rings. The van der Waals surface area contributed by atoms with Crippen LogP contribution in [-0.2, 0) is 14.6 Å². The van der Waals surface area contributed by atoms with E-state index in [2.05, 4.69) is 0 Å². The second-order valence-corrected chi connectivity index (χ2v) is 8.51. The Kier molecular flexibility index (Phi) is 4.80. The molecule has 7 nitrogen and oxygen atoms in total. The largest absolute Gasteiger partial charge is 0.484 e. The first kappa shape index (κ1) is 17.5. The Labute approximate surface area is 145 Å². The molecule has 0 bridgehead atoms. The zero-order valence-electron chi connectivity index (χ0n) is 13.8. The van der Waals surface area contributed by atoms with E-state index in [9.17, 15) is 18.0 Å². The zero-order valence-corrected chi connectivity index (χ0v) is 14.6. The van der Waals surface area contributed by atoms with Gasteiger partial charge in [0, 0.05) is 36.9 Å². The van der Waals surface area contributed by atoms with Gasteiger partial charge in [-0.05, 0) is 30.5 Å². The van der Waals surface area contributed by atoms with E-state index < -0.39 is 15.5 Å². The lowest BCUT2D eigenvalue weighted by Crippen LogP contribution is -2.33. The topological polar surface area (TPSA) is 93.9 Å². The smallest absolute Gasteiger partial charge is 0.336 e. The van der Waals surface area contributed by atoms with Crippen LogP contribution in [0.1, 0.15) is 6.42 Å². The number of likely N-dealkylation sites (tertiary alicyclic amines) is 1. The number of carbonyl (C=O) groups is 1. The molecule has 1 unspecified atom stereocenters. The van der Waals surface area contributed by atoms with Crippen LogP contribution in [-0.4, -0.2) is 50.9 Å². The SMILES string of the molecule is CS(=O)(=O)CC1CCN(C(=O)COc2ccc3ccc(=O)oc3c2)C1. The molecule has 8 heteroatoms. The maximum atomic E-state index is 12.2. The van der Waals surface area contributed by atoms with Crippen LogP contribution in [0, 0.1) is 5.92 Å². The number of amides is 1. The Morgan fingerprint density at radius 1 is 1.32 bits per heavy atom. The molecule has 1 amide bonds. The molecule has 25 heavy (non-hydrogen) atoms. The van der Waals surface area contributed by atoms with E-state index in [4.69, 9.17) is 9.15 Å². The van der Waals surface area contributed by atoms with Crippen molar-refractivity contribution >= 4 is 26.7 Å². The molecule has 0 radical (unpaired) electrons. The molecule has 1 atom stereocenters. The molecule has 1 saturated heterocycles. The summed E-state index contributed by atoms with van der Waals surface area (Å²) < 4.78 is 33.3.